The van der Waals surface area contributed by atoms with Gasteiger partial charge in [-0.2, -0.15) is 17.6 Å². The van der Waals surface area contributed by atoms with Crippen molar-refractivity contribution in [2.24, 2.45) is 0 Å². The van der Waals surface area contributed by atoms with Gasteiger partial charge in [-0.3, -0.25) is 0 Å². The zero-order chi connectivity index (χ0) is 22.8. The Labute approximate surface area is 183 Å². The SMILES string of the molecule is Fc1c(NCC2(F)CCOCC2)ncnc1N1CCCCC1c1ccc(C(F)(F)F)cc1. The number of halogens is 5. The molecule has 174 valence electrons. The summed E-state index contributed by atoms with van der Waals surface area (Å²) in [5.74, 6) is -0.718. The number of alkyl halides is 4. The van der Waals surface area contributed by atoms with E-state index < -0.39 is 23.2 Å². The van der Waals surface area contributed by atoms with Crippen LogP contribution in [0, 0.1) is 5.82 Å². The van der Waals surface area contributed by atoms with E-state index in [0.717, 1.165) is 25.0 Å². The molecule has 2 aromatic rings. The average molecular weight is 456 g/mol. The lowest BCUT2D eigenvalue weighted by Gasteiger charge is -2.37. The van der Waals surface area contributed by atoms with Crippen molar-refractivity contribution in [3.05, 3.63) is 47.5 Å². The number of rotatable bonds is 5. The summed E-state index contributed by atoms with van der Waals surface area (Å²) in [5, 5.41) is 2.77. The molecule has 2 saturated heterocycles. The molecule has 4 rings (SSSR count). The monoisotopic (exact) mass is 456 g/mol. The van der Waals surface area contributed by atoms with Crippen LogP contribution in [-0.4, -0.2) is 41.9 Å². The lowest BCUT2D eigenvalue weighted by molar-refractivity contribution is -0.137. The maximum Gasteiger partial charge on any atom is 0.416 e. The number of benzene rings is 1. The van der Waals surface area contributed by atoms with Crippen LogP contribution < -0.4 is 10.2 Å². The van der Waals surface area contributed by atoms with Gasteiger partial charge in [0.1, 0.15) is 12.0 Å². The van der Waals surface area contributed by atoms with Crippen LogP contribution in [0.25, 0.3) is 0 Å². The Hall–Kier alpha value is -2.49. The molecule has 2 fully saturated rings. The van der Waals surface area contributed by atoms with Crippen molar-refractivity contribution in [1.82, 2.24) is 9.97 Å². The van der Waals surface area contributed by atoms with Crippen molar-refractivity contribution in [1.29, 1.82) is 0 Å². The number of nitrogens with one attached hydrogen (secondary N) is 1. The first kappa shape index (κ1) is 22.7. The molecule has 10 heteroatoms. The fourth-order valence-corrected chi connectivity index (χ4v) is 4.27. The molecule has 3 heterocycles. The van der Waals surface area contributed by atoms with E-state index >= 15 is 4.39 Å². The summed E-state index contributed by atoms with van der Waals surface area (Å²) in [6.45, 7) is 1.05. The van der Waals surface area contributed by atoms with E-state index in [2.05, 4.69) is 15.3 Å². The molecule has 0 spiro atoms. The molecule has 1 N–H and O–H groups in total. The summed E-state index contributed by atoms with van der Waals surface area (Å²) in [6, 6.07) is 4.63. The first-order valence-electron chi connectivity index (χ1n) is 10.7. The number of nitrogens with zero attached hydrogens (tertiary/aromatic N) is 3. The zero-order valence-electron chi connectivity index (χ0n) is 17.5. The van der Waals surface area contributed by atoms with Crippen LogP contribution in [0.3, 0.4) is 0 Å². The molecule has 1 aromatic carbocycles. The summed E-state index contributed by atoms with van der Waals surface area (Å²) < 4.78 is 74.1. The van der Waals surface area contributed by atoms with Crippen LogP contribution in [-0.2, 0) is 10.9 Å². The lowest BCUT2D eigenvalue weighted by Crippen LogP contribution is -2.39. The molecule has 0 radical (unpaired) electrons. The van der Waals surface area contributed by atoms with E-state index in [9.17, 15) is 17.6 Å². The van der Waals surface area contributed by atoms with Gasteiger partial charge in [-0.05, 0) is 37.0 Å². The van der Waals surface area contributed by atoms with Gasteiger partial charge in [0.05, 0.1) is 18.2 Å². The maximum atomic E-state index is 15.3. The van der Waals surface area contributed by atoms with Crippen LogP contribution in [0.5, 0.6) is 0 Å². The molecular weight excluding hydrogens is 431 g/mol. The third-order valence-corrected chi connectivity index (χ3v) is 6.13. The molecular formula is C22H25F5N4O. The second kappa shape index (κ2) is 9.17. The molecule has 0 amide bonds. The van der Waals surface area contributed by atoms with Gasteiger partial charge in [0.25, 0.3) is 0 Å². The van der Waals surface area contributed by atoms with Crippen LogP contribution in [0.4, 0.5) is 33.6 Å². The third-order valence-electron chi connectivity index (χ3n) is 6.13. The summed E-state index contributed by atoms with van der Waals surface area (Å²) >= 11 is 0. The Morgan fingerprint density at radius 3 is 2.50 bits per heavy atom. The lowest BCUT2D eigenvalue weighted by atomic mass is 9.94. The maximum absolute atomic E-state index is 15.3. The van der Waals surface area contributed by atoms with E-state index in [1.807, 2.05) is 0 Å². The second-order valence-electron chi connectivity index (χ2n) is 8.30. The van der Waals surface area contributed by atoms with Gasteiger partial charge >= 0.3 is 6.18 Å². The van der Waals surface area contributed by atoms with Crippen molar-refractivity contribution in [3.63, 3.8) is 0 Å². The largest absolute Gasteiger partial charge is 0.416 e. The number of anilines is 2. The van der Waals surface area contributed by atoms with Gasteiger partial charge in [0.2, 0.25) is 5.82 Å². The molecule has 5 nitrogen and oxygen atoms in total. The molecule has 0 bridgehead atoms. The Balaban J connectivity index is 1.55. The highest BCUT2D eigenvalue weighted by Crippen LogP contribution is 2.38. The van der Waals surface area contributed by atoms with E-state index in [-0.39, 0.29) is 37.1 Å². The normalized spacial score (nSPS) is 21.4. The van der Waals surface area contributed by atoms with Crippen LogP contribution in [0.15, 0.2) is 30.6 Å². The fourth-order valence-electron chi connectivity index (χ4n) is 4.27. The molecule has 1 unspecified atom stereocenters. The van der Waals surface area contributed by atoms with E-state index in [1.165, 1.54) is 18.5 Å². The fraction of sp³-hybridized carbons (Fsp3) is 0.545. The Morgan fingerprint density at radius 2 is 1.81 bits per heavy atom. The third kappa shape index (κ3) is 4.95. The van der Waals surface area contributed by atoms with Gasteiger partial charge in [-0.1, -0.05) is 12.1 Å². The van der Waals surface area contributed by atoms with Crippen molar-refractivity contribution >= 4 is 11.6 Å². The van der Waals surface area contributed by atoms with Crippen LogP contribution >= 0.6 is 0 Å². The highest BCUT2D eigenvalue weighted by atomic mass is 19.4. The summed E-state index contributed by atoms with van der Waals surface area (Å²) in [6.07, 6.45) is -0.422. The Kier molecular flexibility index (Phi) is 6.50. The van der Waals surface area contributed by atoms with Gasteiger partial charge in [-0.15, -0.1) is 0 Å². The van der Waals surface area contributed by atoms with Gasteiger partial charge < -0.3 is 15.0 Å². The highest BCUT2D eigenvalue weighted by Gasteiger charge is 2.34. The molecule has 1 aromatic heterocycles. The number of hydrogen-bond acceptors (Lipinski definition) is 5. The van der Waals surface area contributed by atoms with Crippen LogP contribution in [0.1, 0.15) is 49.3 Å². The molecule has 0 saturated carbocycles. The number of hydrogen-bond donors (Lipinski definition) is 1. The van der Waals surface area contributed by atoms with Crippen LogP contribution in [0.2, 0.25) is 0 Å². The number of ether oxygens (including phenoxy) is 1. The predicted octanol–water partition coefficient (Wildman–Crippen LogP) is 5.30. The smallest absolute Gasteiger partial charge is 0.381 e. The standard InChI is InChI=1S/C22H25F5N4O/c23-18-19(28-13-21(24)8-11-32-12-9-21)29-14-30-20(18)31-10-2-1-3-17(31)15-4-6-16(7-5-15)22(25,26)27/h4-7,14,17H,1-3,8-13H2,(H,28,29,30). The number of aromatic nitrogens is 2. The quantitative estimate of drug-likeness (QED) is 0.619. The van der Waals surface area contributed by atoms with Crippen molar-refractivity contribution in [2.45, 2.75) is 50.0 Å². The van der Waals surface area contributed by atoms with Gasteiger partial charge in [0, 0.05) is 32.6 Å². The zero-order valence-corrected chi connectivity index (χ0v) is 17.5. The minimum absolute atomic E-state index is 0.0620. The second-order valence-corrected chi connectivity index (χ2v) is 8.30. The van der Waals surface area contributed by atoms with Crippen molar-refractivity contribution in [2.75, 3.05) is 36.5 Å². The Morgan fingerprint density at radius 1 is 1.09 bits per heavy atom. The summed E-state index contributed by atoms with van der Waals surface area (Å²) in [5.41, 5.74) is -1.56. The van der Waals surface area contributed by atoms with Crippen molar-refractivity contribution < 1.29 is 26.7 Å². The minimum atomic E-state index is -4.41. The first-order valence-corrected chi connectivity index (χ1v) is 10.7. The van der Waals surface area contributed by atoms with Gasteiger partial charge in [-0.25, -0.2) is 14.4 Å². The molecule has 1 atom stereocenters. The number of piperidine rings is 1. The molecule has 2 aliphatic rings. The van der Waals surface area contributed by atoms with Gasteiger partial charge in [0.15, 0.2) is 11.6 Å². The summed E-state index contributed by atoms with van der Waals surface area (Å²) in [4.78, 5) is 9.81. The van der Waals surface area contributed by atoms with E-state index in [0.29, 0.717) is 31.7 Å². The van der Waals surface area contributed by atoms with E-state index in [4.69, 9.17) is 4.74 Å². The molecule has 2 aliphatic heterocycles. The van der Waals surface area contributed by atoms with Crippen molar-refractivity contribution in [3.8, 4) is 0 Å². The molecule has 32 heavy (non-hydrogen) atoms. The predicted molar refractivity (Wildman–Crippen MR) is 110 cm³/mol. The first-order chi connectivity index (χ1) is 15.3. The summed E-state index contributed by atoms with van der Waals surface area (Å²) in [7, 11) is 0. The topological polar surface area (TPSA) is 50.3 Å². The van der Waals surface area contributed by atoms with E-state index in [1.54, 1.807) is 4.90 Å². The Bertz CT molecular complexity index is 916. The highest BCUT2D eigenvalue weighted by molar-refractivity contribution is 5.53. The molecule has 0 aliphatic carbocycles. The average Bonchev–Trinajstić information content (AvgIpc) is 2.78. The minimum Gasteiger partial charge on any atom is -0.381 e.